The molecule has 1 saturated heterocycles. The molecule has 1 aliphatic rings. The molecule has 98 valence electrons. The third kappa shape index (κ3) is 3.05. The third-order valence-corrected chi connectivity index (χ3v) is 4.48. The van der Waals surface area contributed by atoms with Crippen LogP contribution in [-0.2, 0) is 4.74 Å². The van der Waals surface area contributed by atoms with Crippen LogP contribution in [0, 0.1) is 3.57 Å². The van der Waals surface area contributed by atoms with E-state index in [1.807, 2.05) is 23.1 Å². The van der Waals surface area contributed by atoms with E-state index in [0.29, 0.717) is 19.8 Å². The predicted molar refractivity (Wildman–Crippen MR) is 82.8 cm³/mol. The van der Waals surface area contributed by atoms with E-state index in [-0.39, 0.29) is 11.9 Å². The first-order valence-electron chi connectivity index (χ1n) is 5.97. The first-order valence-corrected chi connectivity index (χ1v) is 7.84. The molecule has 0 aliphatic carbocycles. The van der Waals surface area contributed by atoms with E-state index in [4.69, 9.17) is 4.74 Å². The highest BCUT2D eigenvalue weighted by atomic mass is 127. The van der Waals surface area contributed by atoms with Gasteiger partial charge in [-0.3, -0.25) is 4.79 Å². The van der Waals surface area contributed by atoms with Gasteiger partial charge in [-0.15, -0.1) is 0 Å². The summed E-state index contributed by atoms with van der Waals surface area (Å²) in [6.07, 6.45) is 0.924. The molecule has 0 N–H and O–H groups in total. The lowest BCUT2D eigenvalue weighted by Gasteiger charge is -2.35. The number of hydrogen-bond acceptors (Lipinski definition) is 2. The highest BCUT2D eigenvalue weighted by Gasteiger charge is 2.27. The van der Waals surface area contributed by atoms with Gasteiger partial charge in [0, 0.05) is 14.6 Å². The van der Waals surface area contributed by atoms with Crippen molar-refractivity contribution in [1.29, 1.82) is 0 Å². The van der Waals surface area contributed by atoms with Crippen LogP contribution in [0.2, 0.25) is 0 Å². The van der Waals surface area contributed by atoms with Crippen molar-refractivity contribution in [1.82, 2.24) is 4.90 Å². The van der Waals surface area contributed by atoms with E-state index >= 15 is 0 Å². The van der Waals surface area contributed by atoms with Gasteiger partial charge in [-0.2, -0.15) is 0 Å². The zero-order valence-corrected chi connectivity index (χ0v) is 13.9. The number of halogens is 2. The van der Waals surface area contributed by atoms with Gasteiger partial charge in [0.2, 0.25) is 0 Å². The molecular formula is C13H15BrINO2. The molecular weight excluding hydrogens is 409 g/mol. The second-order valence-electron chi connectivity index (χ2n) is 4.26. The van der Waals surface area contributed by atoms with Crippen LogP contribution in [0.15, 0.2) is 22.7 Å². The Bertz CT molecular complexity index is 453. The normalized spacial score (nSPS) is 19.9. The maximum Gasteiger partial charge on any atom is 0.255 e. The lowest BCUT2D eigenvalue weighted by atomic mass is 10.1. The van der Waals surface area contributed by atoms with Crippen molar-refractivity contribution in [3.63, 3.8) is 0 Å². The summed E-state index contributed by atoms with van der Waals surface area (Å²) in [6.45, 7) is 4.03. The van der Waals surface area contributed by atoms with Crippen LogP contribution < -0.4 is 0 Å². The maximum atomic E-state index is 12.6. The first kappa shape index (κ1) is 14.3. The molecule has 0 bridgehead atoms. The van der Waals surface area contributed by atoms with E-state index < -0.39 is 0 Å². The molecule has 1 aromatic rings. The molecule has 0 radical (unpaired) electrons. The van der Waals surface area contributed by atoms with E-state index in [2.05, 4.69) is 45.4 Å². The zero-order valence-electron chi connectivity index (χ0n) is 10.2. The number of carbonyl (C=O) groups excluding carboxylic acids is 1. The van der Waals surface area contributed by atoms with Crippen molar-refractivity contribution in [2.45, 2.75) is 19.4 Å². The average Bonchev–Trinajstić information content (AvgIpc) is 2.40. The molecule has 1 amide bonds. The molecule has 1 aliphatic heterocycles. The van der Waals surface area contributed by atoms with Crippen LogP contribution in [0.3, 0.4) is 0 Å². The Hall–Kier alpha value is -0.140. The van der Waals surface area contributed by atoms with E-state index in [0.717, 1.165) is 20.0 Å². The fourth-order valence-electron chi connectivity index (χ4n) is 2.08. The highest BCUT2D eigenvalue weighted by Crippen LogP contribution is 2.23. The number of morpholine rings is 1. The Morgan fingerprint density at radius 1 is 1.61 bits per heavy atom. The van der Waals surface area contributed by atoms with E-state index in [1.54, 1.807) is 0 Å². The molecule has 5 heteroatoms. The molecule has 0 spiro atoms. The summed E-state index contributed by atoms with van der Waals surface area (Å²) in [5, 5.41) is 0. The molecule has 1 atom stereocenters. The quantitative estimate of drug-likeness (QED) is 0.683. The van der Waals surface area contributed by atoms with Crippen molar-refractivity contribution in [2.24, 2.45) is 0 Å². The van der Waals surface area contributed by atoms with Gasteiger partial charge in [0.25, 0.3) is 5.91 Å². The van der Waals surface area contributed by atoms with Crippen LogP contribution in [0.25, 0.3) is 0 Å². The molecule has 2 rings (SSSR count). The van der Waals surface area contributed by atoms with Crippen molar-refractivity contribution >= 4 is 44.4 Å². The van der Waals surface area contributed by atoms with Gasteiger partial charge in [0.15, 0.2) is 0 Å². The Labute approximate surface area is 129 Å². The average molecular weight is 424 g/mol. The Morgan fingerprint density at radius 3 is 3.11 bits per heavy atom. The number of ether oxygens (including phenoxy) is 1. The van der Waals surface area contributed by atoms with Gasteiger partial charge in [0.05, 0.1) is 24.8 Å². The largest absolute Gasteiger partial charge is 0.377 e. The van der Waals surface area contributed by atoms with Crippen LogP contribution in [0.1, 0.15) is 23.7 Å². The van der Waals surface area contributed by atoms with Gasteiger partial charge in [-0.25, -0.2) is 0 Å². The zero-order chi connectivity index (χ0) is 13.1. The van der Waals surface area contributed by atoms with Gasteiger partial charge < -0.3 is 9.64 Å². The van der Waals surface area contributed by atoms with Crippen LogP contribution in [0.5, 0.6) is 0 Å². The summed E-state index contributed by atoms with van der Waals surface area (Å²) < 4.78 is 7.36. The summed E-state index contributed by atoms with van der Waals surface area (Å²) in [5.41, 5.74) is 0.738. The molecule has 18 heavy (non-hydrogen) atoms. The van der Waals surface area contributed by atoms with Crippen LogP contribution >= 0.6 is 38.5 Å². The van der Waals surface area contributed by atoms with Crippen molar-refractivity contribution in [3.8, 4) is 0 Å². The van der Waals surface area contributed by atoms with Crippen molar-refractivity contribution in [3.05, 3.63) is 31.8 Å². The second kappa shape index (κ2) is 6.34. The number of carbonyl (C=O) groups is 1. The number of benzene rings is 1. The standard InChI is InChI=1S/C13H15BrINO2/c1-2-10-8-18-6-5-16(10)13(17)11-7-9(15)3-4-12(11)14/h3-4,7,10H,2,5-6,8H2,1H3. The fraction of sp³-hybridized carbons (Fsp3) is 0.462. The minimum atomic E-state index is 0.0931. The van der Waals surface area contributed by atoms with Crippen LogP contribution in [0.4, 0.5) is 0 Å². The van der Waals surface area contributed by atoms with Gasteiger partial charge >= 0.3 is 0 Å². The molecule has 0 saturated carbocycles. The summed E-state index contributed by atoms with van der Waals surface area (Å²) in [6, 6.07) is 6.03. The van der Waals surface area contributed by atoms with Crippen LogP contribution in [-0.4, -0.2) is 36.6 Å². The van der Waals surface area contributed by atoms with Crippen molar-refractivity contribution < 1.29 is 9.53 Å². The lowest BCUT2D eigenvalue weighted by molar-refractivity contribution is -0.00285. The number of amides is 1. The molecule has 1 fully saturated rings. The third-order valence-electron chi connectivity index (χ3n) is 3.12. The monoisotopic (exact) mass is 423 g/mol. The number of rotatable bonds is 2. The SMILES string of the molecule is CCC1COCCN1C(=O)c1cc(I)ccc1Br. The predicted octanol–water partition coefficient (Wildman–Crippen LogP) is 3.30. The van der Waals surface area contributed by atoms with Gasteiger partial charge in [0.1, 0.15) is 0 Å². The minimum absolute atomic E-state index is 0.0931. The number of nitrogens with zero attached hydrogens (tertiary/aromatic N) is 1. The lowest BCUT2D eigenvalue weighted by Crippen LogP contribution is -2.48. The van der Waals surface area contributed by atoms with Gasteiger partial charge in [-0.05, 0) is 63.1 Å². The molecule has 3 nitrogen and oxygen atoms in total. The first-order chi connectivity index (χ1) is 8.63. The summed E-state index contributed by atoms with van der Waals surface area (Å²) in [7, 11) is 0. The van der Waals surface area contributed by atoms with E-state index in [9.17, 15) is 4.79 Å². The molecule has 0 aromatic heterocycles. The Balaban J connectivity index is 2.26. The molecule has 1 heterocycles. The fourth-order valence-corrected chi connectivity index (χ4v) is 2.98. The smallest absolute Gasteiger partial charge is 0.255 e. The molecule has 1 aromatic carbocycles. The summed E-state index contributed by atoms with van der Waals surface area (Å²) >= 11 is 5.68. The Kier molecular flexibility index (Phi) is 5.03. The van der Waals surface area contributed by atoms with Gasteiger partial charge in [-0.1, -0.05) is 6.92 Å². The summed E-state index contributed by atoms with van der Waals surface area (Å²) in [4.78, 5) is 14.5. The highest BCUT2D eigenvalue weighted by molar-refractivity contribution is 14.1. The topological polar surface area (TPSA) is 29.5 Å². The molecule has 1 unspecified atom stereocenters. The minimum Gasteiger partial charge on any atom is -0.377 e. The maximum absolute atomic E-state index is 12.6. The Morgan fingerprint density at radius 2 is 2.39 bits per heavy atom. The second-order valence-corrected chi connectivity index (χ2v) is 6.36. The van der Waals surface area contributed by atoms with E-state index in [1.165, 1.54) is 0 Å². The summed E-state index contributed by atoms with van der Waals surface area (Å²) in [5.74, 6) is 0.0931. The van der Waals surface area contributed by atoms with Crippen molar-refractivity contribution in [2.75, 3.05) is 19.8 Å². The number of hydrogen-bond donors (Lipinski definition) is 0.